The predicted molar refractivity (Wildman–Crippen MR) is 58.5 cm³/mol. The van der Waals surface area contributed by atoms with Crippen LogP contribution in [0.15, 0.2) is 16.9 Å². The molecule has 2 aromatic rings. The van der Waals surface area contributed by atoms with Crippen LogP contribution in [0.5, 0.6) is 0 Å². The molecule has 1 N–H and O–H groups in total. The molecule has 1 aromatic carbocycles. The summed E-state index contributed by atoms with van der Waals surface area (Å²) in [5.74, 6) is 0. The van der Waals surface area contributed by atoms with Crippen molar-refractivity contribution in [1.29, 1.82) is 5.26 Å². The third kappa shape index (κ3) is 1.40. The van der Waals surface area contributed by atoms with E-state index in [4.69, 9.17) is 5.26 Å². The molecule has 86 valence electrons. The van der Waals surface area contributed by atoms with E-state index < -0.39 is 11.3 Å². The number of nitriles is 1. The van der Waals surface area contributed by atoms with Crippen molar-refractivity contribution in [3.8, 4) is 6.07 Å². The number of nitrogens with zero attached hydrogens (tertiary/aromatic N) is 3. The first-order valence-electron chi connectivity index (χ1n) is 4.86. The number of aryl methyl sites for hydroxylation is 2. The standard InChI is InChI=1S/C11H9N3O3/c1-6-3-8-9(4-7(6)2)14(17)11(15)10(5-12)13(8)16/h3-4,17H,1-2H3. The minimum atomic E-state index is -1.02. The van der Waals surface area contributed by atoms with Gasteiger partial charge in [-0.05, 0) is 31.0 Å². The summed E-state index contributed by atoms with van der Waals surface area (Å²) in [6.07, 6.45) is 0. The van der Waals surface area contributed by atoms with E-state index in [1.165, 1.54) is 18.2 Å². The minimum Gasteiger partial charge on any atom is -0.617 e. The monoisotopic (exact) mass is 231 g/mol. The molecule has 0 radical (unpaired) electrons. The van der Waals surface area contributed by atoms with Crippen molar-refractivity contribution in [2.45, 2.75) is 13.8 Å². The van der Waals surface area contributed by atoms with Gasteiger partial charge in [0.1, 0.15) is 0 Å². The van der Waals surface area contributed by atoms with Crippen LogP contribution in [0.4, 0.5) is 0 Å². The zero-order valence-corrected chi connectivity index (χ0v) is 9.26. The van der Waals surface area contributed by atoms with Crippen molar-refractivity contribution in [3.05, 3.63) is 44.5 Å². The summed E-state index contributed by atoms with van der Waals surface area (Å²) in [6.45, 7) is 3.60. The Morgan fingerprint density at radius 3 is 2.59 bits per heavy atom. The van der Waals surface area contributed by atoms with Gasteiger partial charge in [-0.2, -0.15) is 5.26 Å². The van der Waals surface area contributed by atoms with E-state index in [1.54, 1.807) is 13.8 Å². The van der Waals surface area contributed by atoms with E-state index in [2.05, 4.69) is 0 Å². The van der Waals surface area contributed by atoms with Gasteiger partial charge in [0, 0.05) is 6.07 Å². The summed E-state index contributed by atoms with van der Waals surface area (Å²) in [5, 5.41) is 30.1. The fourth-order valence-corrected chi connectivity index (χ4v) is 1.63. The lowest BCUT2D eigenvalue weighted by atomic mass is 10.1. The molecule has 0 atom stereocenters. The predicted octanol–water partition coefficient (Wildman–Crippen LogP) is 0.361. The highest BCUT2D eigenvalue weighted by Gasteiger charge is 2.20. The van der Waals surface area contributed by atoms with Crippen molar-refractivity contribution >= 4 is 11.0 Å². The van der Waals surface area contributed by atoms with Crippen LogP contribution in [0.1, 0.15) is 16.8 Å². The second-order valence-electron chi connectivity index (χ2n) is 3.80. The highest BCUT2D eigenvalue weighted by atomic mass is 16.5. The molecule has 1 heterocycles. The zero-order chi connectivity index (χ0) is 12.7. The quantitative estimate of drug-likeness (QED) is 0.402. The first-order chi connectivity index (χ1) is 7.97. The van der Waals surface area contributed by atoms with Gasteiger partial charge in [-0.15, -0.1) is 9.46 Å². The van der Waals surface area contributed by atoms with Crippen molar-refractivity contribution in [3.63, 3.8) is 0 Å². The normalized spacial score (nSPS) is 10.4. The van der Waals surface area contributed by atoms with Gasteiger partial charge in [0.15, 0.2) is 11.6 Å². The Labute approximate surface area is 96.1 Å². The smallest absolute Gasteiger partial charge is 0.368 e. The zero-order valence-electron chi connectivity index (χ0n) is 9.26. The molecule has 0 unspecified atom stereocenters. The van der Waals surface area contributed by atoms with Crippen molar-refractivity contribution < 1.29 is 9.94 Å². The van der Waals surface area contributed by atoms with Gasteiger partial charge < -0.3 is 10.4 Å². The summed E-state index contributed by atoms with van der Waals surface area (Å²) in [4.78, 5) is 11.5. The number of hydrogen-bond acceptors (Lipinski definition) is 4. The number of hydrogen-bond donors (Lipinski definition) is 1. The van der Waals surface area contributed by atoms with Gasteiger partial charge in [-0.25, -0.2) is 0 Å². The summed E-state index contributed by atoms with van der Waals surface area (Å²) < 4.78 is 0.575. The van der Waals surface area contributed by atoms with Gasteiger partial charge in [-0.3, -0.25) is 4.79 Å². The van der Waals surface area contributed by atoms with Gasteiger partial charge in [0.05, 0.1) is 0 Å². The van der Waals surface area contributed by atoms with Crippen molar-refractivity contribution in [2.24, 2.45) is 0 Å². The highest BCUT2D eigenvalue weighted by molar-refractivity contribution is 5.73. The van der Waals surface area contributed by atoms with Crippen LogP contribution in [0.25, 0.3) is 11.0 Å². The summed E-state index contributed by atoms with van der Waals surface area (Å²) in [5.41, 5.74) is 0.189. The van der Waals surface area contributed by atoms with Crippen LogP contribution in [-0.2, 0) is 0 Å². The Morgan fingerprint density at radius 2 is 2.00 bits per heavy atom. The van der Waals surface area contributed by atoms with Crippen LogP contribution in [0.2, 0.25) is 0 Å². The Morgan fingerprint density at radius 1 is 1.41 bits per heavy atom. The molecule has 0 spiro atoms. The van der Waals surface area contributed by atoms with E-state index in [-0.39, 0.29) is 15.8 Å². The molecule has 0 aliphatic heterocycles. The highest BCUT2D eigenvalue weighted by Crippen LogP contribution is 2.14. The molecular weight excluding hydrogens is 222 g/mol. The largest absolute Gasteiger partial charge is 0.617 e. The van der Waals surface area contributed by atoms with Crippen molar-refractivity contribution in [2.75, 3.05) is 0 Å². The molecule has 0 saturated carbocycles. The molecular formula is C11H9N3O3. The van der Waals surface area contributed by atoms with E-state index in [0.29, 0.717) is 4.73 Å². The van der Waals surface area contributed by atoms with E-state index in [9.17, 15) is 15.2 Å². The topological polar surface area (TPSA) is 93.0 Å². The third-order valence-corrected chi connectivity index (χ3v) is 2.74. The molecule has 0 aliphatic carbocycles. The van der Waals surface area contributed by atoms with Gasteiger partial charge in [0.25, 0.3) is 0 Å². The molecule has 0 saturated heterocycles. The average molecular weight is 231 g/mol. The van der Waals surface area contributed by atoms with Crippen LogP contribution in [0, 0.1) is 30.4 Å². The van der Waals surface area contributed by atoms with Crippen LogP contribution in [0.3, 0.4) is 0 Å². The Kier molecular flexibility index (Phi) is 2.25. The van der Waals surface area contributed by atoms with E-state index in [1.807, 2.05) is 0 Å². The maximum atomic E-state index is 11.8. The summed E-state index contributed by atoms with van der Waals surface area (Å²) in [6, 6.07) is 4.55. The third-order valence-electron chi connectivity index (χ3n) is 2.74. The maximum Gasteiger partial charge on any atom is 0.368 e. The molecule has 2 rings (SSSR count). The molecule has 6 heteroatoms. The fourth-order valence-electron chi connectivity index (χ4n) is 1.63. The SMILES string of the molecule is Cc1cc2c(cc1C)[n+]([O-])c(C#N)c(=O)n2O. The van der Waals surface area contributed by atoms with E-state index in [0.717, 1.165) is 11.1 Å². The lowest BCUT2D eigenvalue weighted by Gasteiger charge is -2.08. The Hall–Kier alpha value is -2.55. The van der Waals surface area contributed by atoms with Crippen LogP contribution < -0.4 is 10.3 Å². The molecule has 0 amide bonds. The number of aromatic nitrogens is 2. The molecule has 0 bridgehead atoms. The molecule has 0 aliphatic rings. The van der Waals surface area contributed by atoms with Crippen LogP contribution in [-0.4, -0.2) is 9.94 Å². The summed E-state index contributed by atoms with van der Waals surface area (Å²) in [7, 11) is 0. The number of benzene rings is 1. The first-order valence-corrected chi connectivity index (χ1v) is 4.86. The first kappa shape index (κ1) is 11.0. The van der Waals surface area contributed by atoms with Crippen LogP contribution >= 0.6 is 0 Å². The lowest BCUT2D eigenvalue weighted by Crippen LogP contribution is -2.42. The molecule has 6 nitrogen and oxygen atoms in total. The Bertz CT molecular complexity index is 726. The van der Waals surface area contributed by atoms with Gasteiger partial charge in [0.2, 0.25) is 5.52 Å². The van der Waals surface area contributed by atoms with Gasteiger partial charge in [-0.1, -0.05) is 0 Å². The molecule has 0 fully saturated rings. The lowest BCUT2D eigenvalue weighted by molar-refractivity contribution is -0.581. The molecule has 17 heavy (non-hydrogen) atoms. The number of fused-ring (bicyclic) bond motifs is 1. The fraction of sp³-hybridized carbons (Fsp3) is 0.182. The second-order valence-corrected chi connectivity index (χ2v) is 3.80. The maximum absolute atomic E-state index is 11.8. The minimum absolute atomic E-state index is 0.0896. The van der Waals surface area contributed by atoms with Crippen molar-refractivity contribution in [1.82, 2.24) is 4.73 Å². The van der Waals surface area contributed by atoms with Gasteiger partial charge >= 0.3 is 11.3 Å². The Balaban J connectivity index is 3.11. The average Bonchev–Trinajstić information content (AvgIpc) is 2.30. The molecule has 1 aromatic heterocycles. The van der Waals surface area contributed by atoms with E-state index >= 15 is 0 Å². The second kappa shape index (κ2) is 3.49. The summed E-state index contributed by atoms with van der Waals surface area (Å²) >= 11 is 0. The number of rotatable bonds is 0.